The number of nitrogens with one attached hydrogen (secondary N) is 1. The Morgan fingerprint density at radius 3 is 2.00 bits per heavy atom. The summed E-state index contributed by atoms with van der Waals surface area (Å²) < 4.78 is 3.66. The summed E-state index contributed by atoms with van der Waals surface area (Å²) in [6, 6.07) is 0. The van der Waals surface area contributed by atoms with Crippen LogP contribution in [-0.2, 0) is 9.57 Å². The first-order valence-electron chi connectivity index (χ1n) is 2.26. The lowest BCUT2D eigenvalue weighted by molar-refractivity contribution is 0.0806. The molecule has 8 heteroatoms. The van der Waals surface area contributed by atoms with E-state index in [1.807, 2.05) is 0 Å². The van der Waals surface area contributed by atoms with E-state index < -0.39 is 18.3 Å². The fourth-order valence-corrected chi connectivity index (χ4v) is 0.204. The van der Waals surface area contributed by atoms with Crippen LogP contribution in [0.25, 0.3) is 0 Å². The number of amides is 3. The Hall–Kier alpha value is -1.99. The van der Waals surface area contributed by atoms with Gasteiger partial charge in [-0.25, -0.2) is 14.4 Å². The summed E-state index contributed by atoms with van der Waals surface area (Å²) in [6.07, 6.45) is -3.89. The minimum Gasteiger partial charge on any atom is -0.357 e. The minimum absolute atomic E-state index is 1.24. The predicted molar refractivity (Wildman–Crippen MR) is 29.9 cm³/mol. The van der Waals surface area contributed by atoms with E-state index in [2.05, 4.69) is 21.0 Å². The van der Waals surface area contributed by atoms with Crippen LogP contribution in [0.3, 0.4) is 0 Å². The van der Waals surface area contributed by atoms with E-state index in [-0.39, 0.29) is 0 Å². The zero-order chi connectivity index (χ0) is 8.85. The van der Waals surface area contributed by atoms with E-state index >= 15 is 0 Å². The molecule has 0 rings (SSSR count). The summed E-state index contributed by atoms with van der Waals surface area (Å²) in [5, 5.41) is 0. The number of hydrogen-bond acceptors (Lipinski definition) is 5. The van der Waals surface area contributed by atoms with Crippen molar-refractivity contribution in [2.24, 2.45) is 11.5 Å². The molecular formula is C3H5N3O5. The third-order valence-electron chi connectivity index (χ3n) is 0.428. The van der Waals surface area contributed by atoms with Gasteiger partial charge in [0.1, 0.15) is 0 Å². The molecular weight excluding hydrogens is 158 g/mol. The first-order valence-corrected chi connectivity index (χ1v) is 2.26. The van der Waals surface area contributed by atoms with Crippen LogP contribution in [0.15, 0.2) is 0 Å². The van der Waals surface area contributed by atoms with E-state index in [1.165, 1.54) is 5.48 Å². The molecule has 0 fully saturated rings. The van der Waals surface area contributed by atoms with E-state index in [9.17, 15) is 14.4 Å². The molecule has 11 heavy (non-hydrogen) atoms. The Labute approximate surface area is 60.4 Å². The van der Waals surface area contributed by atoms with Gasteiger partial charge in [0, 0.05) is 0 Å². The van der Waals surface area contributed by atoms with Crippen molar-refractivity contribution in [2.75, 3.05) is 0 Å². The molecule has 5 N–H and O–H groups in total. The topological polar surface area (TPSA) is 134 Å². The van der Waals surface area contributed by atoms with Gasteiger partial charge in [-0.2, -0.15) is 0 Å². The average molecular weight is 163 g/mol. The molecule has 0 heterocycles. The zero-order valence-electron chi connectivity index (χ0n) is 5.20. The molecule has 0 saturated heterocycles. The fourth-order valence-electron chi connectivity index (χ4n) is 0.204. The third kappa shape index (κ3) is 5.89. The number of ether oxygens (including phenoxy) is 1. The van der Waals surface area contributed by atoms with Crippen LogP contribution in [0.1, 0.15) is 0 Å². The molecule has 0 unspecified atom stereocenters. The van der Waals surface area contributed by atoms with Crippen molar-refractivity contribution in [1.82, 2.24) is 5.48 Å². The average Bonchev–Trinajstić information content (AvgIpc) is 1.82. The molecule has 3 amide bonds. The van der Waals surface area contributed by atoms with Crippen molar-refractivity contribution < 1.29 is 24.0 Å². The number of primary amides is 2. The van der Waals surface area contributed by atoms with Gasteiger partial charge in [-0.1, -0.05) is 0 Å². The lowest BCUT2D eigenvalue weighted by atomic mass is 11.1. The van der Waals surface area contributed by atoms with Crippen LogP contribution in [0.2, 0.25) is 0 Å². The maximum atomic E-state index is 10.2. The summed E-state index contributed by atoms with van der Waals surface area (Å²) in [6.45, 7) is 0. The van der Waals surface area contributed by atoms with Crippen LogP contribution in [-0.4, -0.2) is 18.3 Å². The molecule has 62 valence electrons. The smallest absolute Gasteiger partial charge is 0.357 e. The van der Waals surface area contributed by atoms with Gasteiger partial charge < -0.3 is 21.0 Å². The van der Waals surface area contributed by atoms with Gasteiger partial charge in [0.2, 0.25) is 0 Å². The number of nitrogens with two attached hydrogens (primary N) is 2. The second-order valence-corrected chi connectivity index (χ2v) is 1.23. The largest absolute Gasteiger partial charge is 0.449 e. The normalized spacial score (nSPS) is 8.00. The number of hydrogen-bond donors (Lipinski definition) is 3. The summed E-state index contributed by atoms with van der Waals surface area (Å²) in [7, 11) is 0. The predicted octanol–water partition coefficient (Wildman–Crippen LogP) is -1.20. The molecule has 0 aromatic rings. The molecule has 0 bridgehead atoms. The van der Waals surface area contributed by atoms with Crippen molar-refractivity contribution in [1.29, 1.82) is 0 Å². The first kappa shape index (κ1) is 9.01. The molecule has 0 saturated carbocycles. The van der Waals surface area contributed by atoms with E-state index in [1.54, 1.807) is 0 Å². The highest BCUT2D eigenvalue weighted by Crippen LogP contribution is 1.76. The Morgan fingerprint density at radius 1 is 1.09 bits per heavy atom. The number of rotatable bonds is 0. The summed E-state index contributed by atoms with van der Waals surface area (Å²) >= 11 is 0. The lowest BCUT2D eigenvalue weighted by Crippen LogP contribution is -2.33. The van der Waals surface area contributed by atoms with Gasteiger partial charge >= 0.3 is 18.3 Å². The molecule has 0 aliphatic carbocycles. The first-order chi connectivity index (χ1) is 5.02. The van der Waals surface area contributed by atoms with Crippen LogP contribution >= 0.6 is 0 Å². The van der Waals surface area contributed by atoms with Crippen molar-refractivity contribution in [3.05, 3.63) is 0 Å². The molecule has 0 aliphatic heterocycles. The maximum absolute atomic E-state index is 10.2. The minimum atomic E-state index is -1.32. The Balaban J connectivity index is 3.53. The van der Waals surface area contributed by atoms with Crippen LogP contribution in [0.5, 0.6) is 0 Å². The summed E-state index contributed by atoms with van der Waals surface area (Å²) in [5.41, 5.74) is 10.2. The van der Waals surface area contributed by atoms with Gasteiger partial charge in [-0.05, 0) is 0 Å². The standard InChI is InChI=1S/C3H5N3O5/c4-1(7)10-3(9)6-11-2(5)8/h(H2,4,7)(H2,5,8)(H,6,9). The van der Waals surface area contributed by atoms with E-state index in [0.717, 1.165) is 0 Å². The SMILES string of the molecule is NC(=O)ONC(=O)OC(N)=O. The summed E-state index contributed by atoms with van der Waals surface area (Å²) in [4.78, 5) is 33.5. The highest BCUT2D eigenvalue weighted by atomic mass is 16.7. The summed E-state index contributed by atoms with van der Waals surface area (Å²) in [5.74, 6) is 0. The highest BCUT2D eigenvalue weighted by molar-refractivity contribution is 5.82. The molecule has 0 atom stereocenters. The van der Waals surface area contributed by atoms with Crippen molar-refractivity contribution in [2.45, 2.75) is 0 Å². The maximum Gasteiger partial charge on any atom is 0.449 e. The molecule has 0 aromatic heterocycles. The zero-order valence-corrected chi connectivity index (χ0v) is 5.20. The quantitative estimate of drug-likeness (QED) is 0.304. The Kier molecular flexibility index (Phi) is 3.22. The number of carbonyl (C=O) groups excluding carboxylic acids is 3. The molecule has 0 aromatic carbocycles. The van der Waals surface area contributed by atoms with Crippen molar-refractivity contribution in [3.8, 4) is 0 Å². The van der Waals surface area contributed by atoms with Gasteiger partial charge in [0.05, 0.1) is 0 Å². The Bertz CT molecular complexity index is 189. The lowest BCUT2D eigenvalue weighted by Gasteiger charge is -1.99. The number of hydroxylamine groups is 1. The molecule has 0 aliphatic rings. The van der Waals surface area contributed by atoms with Crippen LogP contribution < -0.4 is 16.9 Å². The van der Waals surface area contributed by atoms with Gasteiger partial charge in [0.15, 0.2) is 0 Å². The fraction of sp³-hybridized carbons (Fsp3) is 0. The van der Waals surface area contributed by atoms with Crippen molar-refractivity contribution >= 4 is 18.3 Å². The van der Waals surface area contributed by atoms with Crippen LogP contribution in [0, 0.1) is 0 Å². The van der Waals surface area contributed by atoms with E-state index in [4.69, 9.17) is 0 Å². The third-order valence-corrected chi connectivity index (χ3v) is 0.428. The second kappa shape index (κ2) is 3.93. The second-order valence-electron chi connectivity index (χ2n) is 1.23. The van der Waals surface area contributed by atoms with Crippen LogP contribution in [0.4, 0.5) is 14.4 Å². The van der Waals surface area contributed by atoms with Gasteiger partial charge in [0.25, 0.3) is 0 Å². The number of carbonyl (C=O) groups is 3. The molecule has 0 spiro atoms. The monoisotopic (exact) mass is 163 g/mol. The van der Waals surface area contributed by atoms with Crippen molar-refractivity contribution in [3.63, 3.8) is 0 Å². The van der Waals surface area contributed by atoms with E-state index in [0.29, 0.717) is 0 Å². The molecule has 0 radical (unpaired) electrons. The van der Waals surface area contributed by atoms with Gasteiger partial charge in [-0.3, -0.25) is 0 Å². The van der Waals surface area contributed by atoms with Gasteiger partial charge in [-0.15, -0.1) is 5.48 Å². The Morgan fingerprint density at radius 2 is 1.64 bits per heavy atom. The highest BCUT2D eigenvalue weighted by Gasteiger charge is 2.06. The molecule has 8 nitrogen and oxygen atoms in total.